The Hall–Kier alpha value is -3.03. The zero-order chi connectivity index (χ0) is 19.1. The predicted molar refractivity (Wildman–Crippen MR) is 100 cm³/mol. The molecule has 3 rings (SSSR count). The first-order chi connectivity index (χ1) is 13.2. The Morgan fingerprint density at radius 3 is 2.41 bits per heavy atom. The SMILES string of the molecule is COc1ccc(NC(=O)NC2CCC(Oc3ncccn3)CC2)cc1OC. The Bertz CT molecular complexity index is 749. The third kappa shape index (κ3) is 5.22. The normalized spacial score (nSPS) is 19.0. The lowest BCUT2D eigenvalue weighted by atomic mass is 9.93. The van der Waals surface area contributed by atoms with Crippen LogP contribution in [0.1, 0.15) is 25.7 Å². The van der Waals surface area contributed by atoms with E-state index in [9.17, 15) is 4.79 Å². The smallest absolute Gasteiger partial charge is 0.319 e. The summed E-state index contributed by atoms with van der Waals surface area (Å²) >= 11 is 0. The van der Waals surface area contributed by atoms with Gasteiger partial charge in [-0.2, -0.15) is 0 Å². The second kappa shape index (κ2) is 9.07. The summed E-state index contributed by atoms with van der Waals surface area (Å²) in [6.07, 6.45) is 6.79. The van der Waals surface area contributed by atoms with Gasteiger partial charge in [0.15, 0.2) is 11.5 Å². The van der Waals surface area contributed by atoms with Crippen LogP contribution in [0.4, 0.5) is 10.5 Å². The van der Waals surface area contributed by atoms with E-state index < -0.39 is 0 Å². The van der Waals surface area contributed by atoms with Gasteiger partial charge in [-0.3, -0.25) is 0 Å². The summed E-state index contributed by atoms with van der Waals surface area (Å²) in [5, 5.41) is 5.84. The molecule has 8 nitrogen and oxygen atoms in total. The van der Waals surface area contributed by atoms with E-state index in [1.54, 1.807) is 50.9 Å². The number of anilines is 1. The molecule has 0 bridgehead atoms. The highest BCUT2D eigenvalue weighted by molar-refractivity contribution is 5.89. The van der Waals surface area contributed by atoms with Crippen molar-refractivity contribution in [2.75, 3.05) is 19.5 Å². The van der Waals surface area contributed by atoms with Crippen molar-refractivity contribution in [2.24, 2.45) is 0 Å². The largest absolute Gasteiger partial charge is 0.493 e. The van der Waals surface area contributed by atoms with Crippen molar-refractivity contribution in [1.82, 2.24) is 15.3 Å². The summed E-state index contributed by atoms with van der Waals surface area (Å²) in [5.74, 6) is 1.18. The maximum atomic E-state index is 12.3. The van der Waals surface area contributed by atoms with Crippen LogP contribution in [-0.4, -0.2) is 42.4 Å². The molecule has 2 N–H and O–H groups in total. The number of nitrogens with one attached hydrogen (secondary N) is 2. The standard InChI is InChI=1S/C19H24N4O4/c1-25-16-9-6-14(12-17(16)26-2)23-18(24)22-13-4-7-15(8-5-13)27-19-20-10-3-11-21-19/h3,6,9-13,15H,4-5,7-8H2,1-2H3,(H2,22,23,24). The van der Waals surface area contributed by atoms with Crippen molar-refractivity contribution in [1.29, 1.82) is 0 Å². The fourth-order valence-corrected chi connectivity index (χ4v) is 3.09. The molecule has 1 saturated carbocycles. The van der Waals surface area contributed by atoms with Gasteiger partial charge in [0.25, 0.3) is 0 Å². The van der Waals surface area contributed by atoms with Crippen molar-refractivity contribution >= 4 is 11.7 Å². The molecule has 144 valence electrons. The second-order valence-electron chi connectivity index (χ2n) is 6.29. The first kappa shape index (κ1) is 18.8. The highest BCUT2D eigenvalue weighted by Crippen LogP contribution is 2.29. The van der Waals surface area contributed by atoms with Crippen molar-refractivity contribution in [2.45, 2.75) is 37.8 Å². The maximum Gasteiger partial charge on any atom is 0.319 e. The fourth-order valence-electron chi connectivity index (χ4n) is 3.09. The molecular formula is C19H24N4O4. The number of amides is 2. The molecule has 0 aliphatic heterocycles. The van der Waals surface area contributed by atoms with E-state index in [1.165, 1.54) is 0 Å². The third-order valence-electron chi connectivity index (χ3n) is 4.46. The van der Waals surface area contributed by atoms with Crippen LogP contribution in [0.3, 0.4) is 0 Å². The van der Waals surface area contributed by atoms with Crippen LogP contribution in [0, 0.1) is 0 Å². The number of ether oxygens (including phenoxy) is 3. The molecule has 2 amide bonds. The Kier molecular flexibility index (Phi) is 6.30. The van der Waals surface area contributed by atoms with Gasteiger partial charge in [0.2, 0.25) is 0 Å². The molecule has 0 radical (unpaired) electrons. The monoisotopic (exact) mass is 372 g/mol. The maximum absolute atomic E-state index is 12.3. The summed E-state index contributed by atoms with van der Waals surface area (Å²) in [6, 6.07) is 7.28. The summed E-state index contributed by atoms with van der Waals surface area (Å²) in [5.41, 5.74) is 0.642. The van der Waals surface area contributed by atoms with E-state index in [2.05, 4.69) is 20.6 Å². The van der Waals surface area contributed by atoms with Crippen LogP contribution >= 0.6 is 0 Å². The number of hydrogen-bond donors (Lipinski definition) is 2. The van der Waals surface area contributed by atoms with Gasteiger partial charge in [-0.05, 0) is 43.9 Å². The molecule has 0 unspecified atom stereocenters. The van der Waals surface area contributed by atoms with Crippen molar-refractivity contribution in [3.8, 4) is 17.5 Å². The molecule has 0 atom stereocenters. The molecule has 8 heteroatoms. The van der Waals surface area contributed by atoms with Crippen molar-refractivity contribution in [3.05, 3.63) is 36.7 Å². The van der Waals surface area contributed by atoms with Crippen molar-refractivity contribution in [3.63, 3.8) is 0 Å². The number of carbonyl (C=O) groups excluding carboxylic acids is 1. The highest BCUT2D eigenvalue weighted by Gasteiger charge is 2.24. The van der Waals surface area contributed by atoms with Gasteiger partial charge in [-0.1, -0.05) is 0 Å². The number of aromatic nitrogens is 2. The van der Waals surface area contributed by atoms with E-state index in [4.69, 9.17) is 14.2 Å². The first-order valence-corrected chi connectivity index (χ1v) is 8.91. The van der Waals surface area contributed by atoms with E-state index >= 15 is 0 Å². The molecule has 27 heavy (non-hydrogen) atoms. The first-order valence-electron chi connectivity index (χ1n) is 8.91. The molecule has 1 heterocycles. The van der Waals surface area contributed by atoms with E-state index in [-0.39, 0.29) is 18.2 Å². The second-order valence-corrected chi connectivity index (χ2v) is 6.29. The van der Waals surface area contributed by atoms with Crippen LogP contribution in [-0.2, 0) is 0 Å². The Labute approximate surface area is 158 Å². The minimum absolute atomic E-state index is 0.0827. The van der Waals surface area contributed by atoms with Gasteiger partial charge >= 0.3 is 12.0 Å². The molecule has 0 spiro atoms. The number of hydrogen-bond acceptors (Lipinski definition) is 6. The lowest BCUT2D eigenvalue weighted by Crippen LogP contribution is -2.41. The molecule has 1 aliphatic carbocycles. The van der Waals surface area contributed by atoms with Gasteiger partial charge < -0.3 is 24.8 Å². The van der Waals surface area contributed by atoms with Crippen molar-refractivity contribution < 1.29 is 19.0 Å². The van der Waals surface area contributed by atoms with Gasteiger partial charge in [-0.25, -0.2) is 14.8 Å². The third-order valence-corrected chi connectivity index (χ3v) is 4.46. The number of benzene rings is 1. The number of carbonyl (C=O) groups is 1. The molecule has 1 aromatic heterocycles. The highest BCUT2D eigenvalue weighted by atomic mass is 16.5. The summed E-state index contributed by atoms with van der Waals surface area (Å²) in [7, 11) is 3.13. The van der Waals surface area contributed by atoms with Gasteiger partial charge in [0.1, 0.15) is 6.10 Å². The lowest BCUT2D eigenvalue weighted by Gasteiger charge is -2.28. The molecular weight excluding hydrogens is 348 g/mol. The predicted octanol–water partition coefficient (Wildman–Crippen LogP) is 3.01. The minimum Gasteiger partial charge on any atom is -0.493 e. The van der Waals surface area contributed by atoms with Crippen LogP contribution < -0.4 is 24.8 Å². The fraction of sp³-hybridized carbons (Fsp3) is 0.421. The number of nitrogens with zero attached hydrogens (tertiary/aromatic N) is 2. The topological polar surface area (TPSA) is 94.6 Å². The Morgan fingerprint density at radius 2 is 1.74 bits per heavy atom. The average Bonchev–Trinajstić information content (AvgIpc) is 2.70. The lowest BCUT2D eigenvalue weighted by molar-refractivity contribution is 0.129. The average molecular weight is 372 g/mol. The Balaban J connectivity index is 1.45. The zero-order valence-corrected chi connectivity index (χ0v) is 15.5. The number of rotatable bonds is 6. The van der Waals surface area contributed by atoms with Crippen LogP contribution in [0.25, 0.3) is 0 Å². The van der Waals surface area contributed by atoms with Crippen LogP contribution in [0.15, 0.2) is 36.7 Å². The Morgan fingerprint density at radius 1 is 1.04 bits per heavy atom. The number of urea groups is 1. The molecule has 2 aromatic rings. The van der Waals surface area contributed by atoms with Crippen LogP contribution in [0.2, 0.25) is 0 Å². The van der Waals surface area contributed by atoms with Crippen LogP contribution in [0.5, 0.6) is 17.5 Å². The molecule has 1 aromatic carbocycles. The van der Waals surface area contributed by atoms with Gasteiger partial charge in [0.05, 0.1) is 14.2 Å². The molecule has 1 aliphatic rings. The molecule has 1 fully saturated rings. The summed E-state index contributed by atoms with van der Waals surface area (Å²) < 4.78 is 16.2. The summed E-state index contributed by atoms with van der Waals surface area (Å²) in [6.45, 7) is 0. The van der Waals surface area contributed by atoms with Gasteiger partial charge in [0, 0.05) is 30.2 Å². The minimum atomic E-state index is -0.238. The van der Waals surface area contributed by atoms with E-state index in [1.807, 2.05) is 0 Å². The van der Waals surface area contributed by atoms with Gasteiger partial charge in [-0.15, -0.1) is 0 Å². The quantitative estimate of drug-likeness (QED) is 0.809. The van der Waals surface area contributed by atoms with E-state index in [0.717, 1.165) is 25.7 Å². The zero-order valence-electron chi connectivity index (χ0n) is 15.5. The summed E-state index contributed by atoms with van der Waals surface area (Å²) in [4.78, 5) is 20.4. The van der Waals surface area contributed by atoms with E-state index in [0.29, 0.717) is 23.2 Å². The number of methoxy groups -OCH3 is 2. The molecule has 0 saturated heterocycles.